The Morgan fingerprint density at radius 3 is 2.50 bits per heavy atom. The SMILES string of the molecule is CC(=O)Oc1c(-c2cn(CCCOCCCc3ccc[n+](CCCOCCCc4cccnc4)c3)nn2)cc(Cl)c2cccnc12. The number of benzene rings is 1. The number of esters is 1. The Morgan fingerprint density at radius 1 is 0.935 bits per heavy atom. The van der Waals surface area contributed by atoms with Gasteiger partial charge in [0.05, 0.1) is 23.4 Å². The number of aryl methyl sites for hydroxylation is 4. The third kappa shape index (κ3) is 9.87. The van der Waals surface area contributed by atoms with Gasteiger partial charge >= 0.3 is 5.97 Å². The van der Waals surface area contributed by atoms with Crippen LogP contribution in [0.1, 0.15) is 43.7 Å². The molecule has 0 aliphatic heterocycles. The van der Waals surface area contributed by atoms with E-state index in [2.05, 4.69) is 55.4 Å². The lowest BCUT2D eigenvalue weighted by Gasteiger charge is -2.11. The molecular weight excluding hydrogens is 604 g/mol. The molecule has 0 bridgehead atoms. The molecule has 11 heteroatoms. The van der Waals surface area contributed by atoms with E-state index in [0.29, 0.717) is 52.7 Å². The van der Waals surface area contributed by atoms with E-state index in [4.69, 9.17) is 25.8 Å². The van der Waals surface area contributed by atoms with Gasteiger partial charge in [-0.05, 0) is 68.0 Å². The lowest BCUT2D eigenvalue weighted by Crippen LogP contribution is -2.33. The van der Waals surface area contributed by atoms with Crippen LogP contribution in [0.25, 0.3) is 22.2 Å². The first kappa shape index (κ1) is 33.1. The number of halogens is 1. The normalized spacial score (nSPS) is 11.3. The van der Waals surface area contributed by atoms with Crippen LogP contribution < -0.4 is 9.30 Å². The Kier molecular flexibility index (Phi) is 12.6. The molecule has 0 fully saturated rings. The summed E-state index contributed by atoms with van der Waals surface area (Å²) in [5.41, 5.74) is 4.18. The zero-order chi connectivity index (χ0) is 32.0. The van der Waals surface area contributed by atoms with Gasteiger partial charge in [-0.2, -0.15) is 0 Å². The summed E-state index contributed by atoms with van der Waals surface area (Å²) in [5.74, 6) is -0.124. The number of hydrogen-bond donors (Lipinski definition) is 0. The molecule has 240 valence electrons. The number of rotatable bonds is 18. The van der Waals surface area contributed by atoms with Gasteiger partial charge in [0.1, 0.15) is 11.2 Å². The fourth-order valence-electron chi connectivity index (χ4n) is 5.19. The first-order valence-electron chi connectivity index (χ1n) is 15.8. The van der Waals surface area contributed by atoms with Gasteiger partial charge in [-0.3, -0.25) is 19.4 Å². The number of pyridine rings is 3. The molecule has 4 heterocycles. The van der Waals surface area contributed by atoms with Gasteiger partial charge in [0, 0.05) is 75.3 Å². The lowest BCUT2D eigenvalue weighted by atomic mass is 10.1. The first-order valence-corrected chi connectivity index (χ1v) is 16.1. The second kappa shape index (κ2) is 17.4. The molecule has 0 radical (unpaired) electrons. The molecule has 0 aliphatic carbocycles. The Hall–Kier alpha value is -4.25. The second-order valence-corrected chi connectivity index (χ2v) is 11.5. The average molecular weight is 644 g/mol. The Labute approximate surface area is 274 Å². The maximum Gasteiger partial charge on any atom is 0.308 e. The van der Waals surface area contributed by atoms with Crippen molar-refractivity contribution in [2.24, 2.45) is 0 Å². The topological polar surface area (TPSA) is 105 Å². The summed E-state index contributed by atoms with van der Waals surface area (Å²) in [6, 6.07) is 13.7. The van der Waals surface area contributed by atoms with Crippen molar-refractivity contribution in [2.75, 3.05) is 26.4 Å². The van der Waals surface area contributed by atoms with E-state index in [1.165, 1.54) is 18.1 Å². The number of carbonyl (C=O) groups is 1. The van der Waals surface area contributed by atoms with Crippen LogP contribution in [0, 0.1) is 0 Å². The minimum absolute atomic E-state index is 0.323. The number of carbonyl (C=O) groups excluding carboxylic acids is 1. The summed E-state index contributed by atoms with van der Waals surface area (Å²) in [4.78, 5) is 20.4. The fourth-order valence-corrected chi connectivity index (χ4v) is 5.45. The molecule has 1 aromatic carbocycles. The van der Waals surface area contributed by atoms with Crippen molar-refractivity contribution >= 4 is 28.5 Å². The van der Waals surface area contributed by atoms with Crippen molar-refractivity contribution in [1.82, 2.24) is 25.0 Å². The molecule has 0 saturated heterocycles. The van der Waals surface area contributed by atoms with E-state index in [1.54, 1.807) is 29.2 Å². The molecular formula is C35H40ClN6O4+. The van der Waals surface area contributed by atoms with Crippen LogP contribution in [0.3, 0.4) is 0 Å². The van der Waals surface area contributed by atoms with E-state index < -0.39 is 5.97 Å². The Balaban J connectivity index is 0.978. The first-order chi connectivity index (χ1) is 22.6. The van der Waals surface area contributed by atoms with Crippen molar-refractivity contribution in [2.45, 2.75) is 58.5 Å². The molecule has 0 unspecified atom stereocenters. The van der Waals surface area contributed by atoms with E-state index in [0.717, 1.165) is 58.3 Å². The smallest absolute Gasteiger partial charge is 0.308 e. The van der Waals surface area contributed by atoms with E-state index in [9.17, 15) is 4.79 Å². The van der Waals surface area contributed by atoms with Crippen LogP contribution in [0.2, 0.25) is 5.02 Å². The highest BCUT2D eigenvalue weighted by molar-refractivity contribution is 6.36. The van der Waals surface area contributed by atoms with Gasteiger partial charge in [-0.1, -0.05) is 22.9 Å². The van der Waals surface area contributed by atoms with Crippen molar-refractivity contribution in [3.8, 4) is 17.0 Å². The highest BCUT2D eigenvalue weighted by Crippen LogP contribution is 2.39. The van der Waals surface area contributed by atoms with E-state index in [1.807, 2.05) is 24.5 Å². The van der Waals surface area contributed by atoms with Crippen LogP contribution in [0.5, 0.6) is 5.75 Å². The largest absolute Gasteiger partial charge is 0.424 e. The van der Waals surface area contributed by atoms with Crippen LogP contribution in [-0.2, 0) is 40.2 Å². The summed E-state index contributed by atoms with van der Waals surface area (Å²) in [5, 5.41) is 9.75. The molecule has 0 saturated carbocycles. The fraction of sp³-hybridized carbons (Fsp3) is 0.371. The Morgan fingerprint density at radius 2 is 1.70 bits per heavy atom. The van der Waals surface area contributed by atoms with Crippen LogP contribution in [0.15, 0.2) is 79.6 Å². The standard InChI is InChI=1S/C35H40ClN6O4/c1-27(43)46-35-31(23-32(36)30-13-3-15-38-34(30)35)33-26-42(40-39-33)18-8-22-45-20-6-12-29-10-4-16-41(25-29)17-7-21-44-19-5-11-28-9-2-14-37-24-28/h2-4,9-10,13-16,23-26H,5-8,11-12,17-22H2,1H3/q+1. The highest BCUT2D eigenvalue weighted by atomic mass is 35.5. The molecule has 4 aromatic heterocycles. The molecule has 10 nitrogen and oxygen atoms in total. The molecule has 0 atom stereocenters. The van der Waals surface area contributed by atoms with E-state index in [-0.39, 0.29) is 0 Å². The number of ether oxygens (including phenoxy) is 3. The quantitative estimate of drug-likeness (QED) is 0.0508. The second-order valence-electron chi connectivity index (χ2n) is 11.0. The minimum Gasteiger partial charge on any atom is -0.424 e. The molecule has 0 amide bonds. The summed E-state index contributed by atoms with van der Waals surface area (Å²) in [6.45, 7) is 5.78. The summed E-state index contributed by atoms with van der Waals surface area (Å²) < 4.78 is 21.2. The molecule has 0 N–H and O–H groups in total. The molecule has 0 aliphatic rings. The predicted octanol–water partition coefficient (Wildman–Crippen LogP) is 5.83. The van der Waals surface area contributed by atoms with Gasteiger partial charge in [0.15, 0.2) is 24.7 Å². The number of nitrogens with zero attached hydrogens (tertiary/aromatic N) is 6. The van der Waals surface area contributed by atoms with Gasteiger partial charge in [-0.25, -0.2) is 4.57 Å². The molecule has 46 heavy (non-hydrogen) atoms. The molecule has 0 spiro atoms. The number of hydrogen-bond acceptors (Lipinski definition) is 8. The zero-order valence-electron chi connectivity index (χ0n) is 26.2. The average Bonchev–Trinajstić information content (AvgIpc) is 3.54. The van der Waals surface area contributed by atoms with Crippen molar-refractivity contribution < 1.29 is 23.6 Å². The third-order valence-corrected chi connectivity index (χ3v) is 7.70. The number of aromatic nitrogens is 6. The van der Waals surface area contributed by atoms with Crippen LogP contribution in [-0.4, -0.2) is 57.4 Å². The maximum atomic E-state index is 11.8. The predicted molar refractivity (Wildman–Crippen MR) is 175 cm³/mol. The van der Waals surface area contributed by atoms with Crippen molar-refractivity contribution in [3.63, 3.8) is 0 Å². The minimum atomic E-state index is -0.448. The van der Waals surface area contributed by atoms with Crippen molar-refractivity contribution in [3.05, 3.63) is 95.8 Å². The monoisotopic (exact) mass is 643 g/mol. The van der Waals surface area contributed by atoms with Crippen LogP contribution >= 0.6 is 11.6 Å². The summed E-state index contributed by atoms with van der Waals surface area (Å²) in [7, 11) is 0. The Bertz CT molecular complexity index is 1700. The zero-order valence-corrected chi connectivity index (χ0v) is 26.9. The highest BCUT2D eigenvalue weighted by Gasteiger charge is 2.19. The van der Waals surface area contributed by atoms with Gasteiger partial charge < -0.3 is 14.2 Å². The lowest BCUT2D eigenvalue weighted by molar-refractivity contribution is -0.697. The van der Waals surface area contributed by atoms with Gasteiger partial charge in [0.2, 0.25) is 0 Å². The van der Waals surface area contributed by atoms with E-state index >= 15 is 0 Å². The maximum absolute atomic E-state index is 11.8. The number of fused-ring (bicyclic) bond motifs is 1. The van der Waals surface area contributed by atoms with Gasteiger partial charge in [-0.15, -0.1) is 5.10 Å². The summed E-state index contributed by atoms with van der Waals surface area (Å²) >= 11 is 6.51. The van der Waals surface area contributed by atoms with Crippen molar-refractivity contribution in [1.29, 1.82) is 0 Å². The third-order valence-electron chi connectivity index (χ3n) is 7.39. The molecule has 5 aromatic rings. The van der Waals surface area contributed by atoms with Gasteiger partial charge in [0.25, 0.3) is 0 Å². The summed E-state index contributed by atoms with van der Waals surface area (Å²) in [6.07, 6.45) is 17.2. The molecule has 5 rings (SSSR count). The van der Waals surface area contributed by atoms with Crippen LogP contribution in [0.4, 0.5) is 0 Å².